The van der Waals surface area contributed by atoms with E-state index < -0.39 is 12.1 Å². The van der Waals surface area contributed by atoms with E-state index in [9.17, 15) is 15.0 Å². The Morgan fingerprint density at radius 1 is 1.12 bits per heavy atom. The van der Waals surface area contributed by atoms with Gasteiger partial charge in [-0.3, -0.25) is 0 Å². The smallest absolute Gasteiger partial charge is 0.315 e. The lowest BCUT2D eigenvalue weighted by atomic mass is 10.0. The lowest BCUT2D eigenvalue weighted by Crippen LogP contribution is -2.44. The Morgan fingerprint density at radius 3 is 2.42 bits per heavy atom. The molecule has 2 aromatic rings. The summed E-state index contributed by atoms with van der Waals surface area (Å²) in [7, 11) is 2.02. The third-order valence-electron chi connectivity index (χ3n) is 4.22. The SMILES string of the molecule is C[C@@H](NC(=O)NCCCN(C)c1ccccc1)[C@@H](O)c1ccc(O)cc1. The Labute approximate surface area is 154 Å². The van der Waals surface area contributed by atoms with Gasteiger partial charge in [-0.25, -0.2) is 4.79 Å². The van der Waals surface area contributed by atoms with Crippen LogP contribution in [0.2, 0.25) is 0 Å². The van der Waals surface area contributed by atoms with Gasteiger partial charge in [0, 0.05) is 25.8 Å². The number of nitrogens with zero attached hydrogens (tertiary/aromatic N) is 1. The second kappa shape index (κ2) is 9.68. The van der Waals surface area contributed by atoms with Crippen LogP contribution in [0, 0.1) is 0 Å². The minimum atomic E-state index is -0.842. The van der Waals surface area contributed by atoms with Crippen LogP contribution < -0.4 is 15.5 Å². The zero-order valence-electron chi connectivity index (χ0n) is 15.2. The van der Waals surface area contributed by atoms with Crippen molar-refractivity contribution in [3.63, 3.8) is 0 Å². The molecule has 0 aromatic heterocycles. The number of aliphatic hydroxyl groups is 1. The predicted molar refractivity (Wildman–Crippen MR) is 103 cm³/mol. The number of aromatic hydroxyl groups is 1. The number of phenols is 1. The Balaban J connectivity index is 1.68. The summed E-state index contributed by atoms with van der Waals surface area (Å²) < 4.78 is 0. The average molecular weight is 357 g/mol. The molecule has 2 aromatic carbocycles. The van der Waals surface area contributed by atoms with Crippen LogP contribution >= 0.6 is 0 Å². The van der Waals surface area contributed by atoms with Gasteiger partial charge in [-0.1, -0.05) is 30.3 Å². The van der Waals surface area contributed by atoms with Gasteiger partial charge in [-0.2, -0.15) is 0 Å². The molecule has 26 heavy (non-hydrogen) atoms. The molecule has 0 aliphatic carbocycles. The topological polar surface area (TPSA) is 84.8 Å². The lowest BCUT2D eigenvalue weighted by Gasteiger charge is -2.22. The minimum Gasteiger partial charge on any atom is -0.508 e. The van der Waals surface area contributed by atoms with Crippen molar-refractivity contribution in [1.82, 2.24) is 10.6 Å². The number of para-hydroxylation sites is 1. The Bertz CT molecular complexity index is 676. The summed E-state index contributed by atoms with van der Waals surface area (Å²) in [5.41, 5.74) is 1.78. The molecule has 2 atom stereocenters. The molecule has 6 nitrogen and oxygen atoms in total. The van der Waals surface area contributed by atoms with Crippen LogP contribution in [0.1, 0.15) is 25.0 Å². The van der Waals surface area contributed by atoms with Crippen LogP contribution in [0.15, 0.2) is 54.6 Å². The fourth-order valence-corrected chi connectivity index (χ4v) is 2.63. The number of urea groups is 1. The van der Waals surface area contributed by atoms with Crippen LogP contribution in [0.25, 0.3) is 0 Å². The van der Waals surface area contributed by atoms with Gasteiger partial charge in [-0.05, 0) is 43.2 Å². The van der Waals surface area contributed by atoms with Crippen LogP contribution in [-0.2, 0) is 0 Å². The second-order valence-electron chi connectivity index (χ2n) is 6.34. The number of carbonyl (C=O) groups is 1. The Hall–Kier alpha value is -2.73. The quantitative estimate of drug-likeness (QED) is 0.547. The van der Waals surface area contributed by atoms with Crippen LogP contribution in [0.3, 0.4) is 0 Å². The molecular weight excluding hydrogens is 330 g/mol. The number of amides is 2. The molecule has 0 aliphatic heterocycles. The molecule has 2 amide bonds. The van der Waals surface area contributed by atoms with E-state index in [1.54, 1.807) is 19.1 Å². The third-order valence-corrected chi connectivity index (χ3v) is 4.22. The van der Waals surface area contributed by atoms with Gasteiger partial charge in [0.1, 0.15) is 5.75 Å². The average Bonchev–Trinajstić information content (AvgIpc) is 2.65. The van der Waals surface area contributed by atoms with E-state index in [1.807, 2.05) is 37.4 Å². The normalized spacial score (nSPS) is 12.9. The van der Waals surface area contributed by atoms with E-state index in [1.165, 1.54) is 12.1 Å². The number of nitrogens with one attached hydrogen (secondary N) is 2. The molecule has 140 valence electrons. The summed E-state index contributed by atoms with van der Waals surface area (Å²) in [6.07, 6.45) is -0.0289. The predicted octanol–water partition coefficient (Wildman–Crippen LogP) is 2.64. The summed E-state index contributed by atoms with van der Waals surface area (Å²) >= 11 is 0. The number of benzene rings is 2. The molecule has 6 heteroatoms. The van der Waals surface area contributed by atoms with Crippen molar-refractivity contribution in [2.75, 3.05) is 25.0 Å². The summed E-state index contributed by atoms with van der Waals surface area (Å²) in [4.78, 5) is 14.1. The highest BCUT2D eigenvalue weighted by atomic mass is 16.3. The first kappa shape index (κ1) is 19.6. The Kier molecular flexibility index (Phi) is 7.29. The summed E-state index contributed by atoms with van der Waals surface area (Å²) in [6, 6.07) is 15.6. The fraction of sp³-hybridized carbons (Fsp3) is 0.350. The largest absolute Gasteiger partial charge is 0.508 e. The number of aliphatic hydroxyl groups excluding tert-OH is 1. The molecular formula is C20H27N3O3. The van der Waals surface area contributed by atoms with Crippen molar-refractivity contribution < 1.29 is 15.0 Å². The summed E-state index contributed by atoms with van der Waals surface area (Å²) in [6.45, 7) is 3.11. The summed E-state index contributed by atoms with van der Waals surface area (Å²) in [5, 5.41) is 25.1. The molecule has 0 spiro atoms. The number of rotatable bonds is 8. The molecule has 0 aliphatic rings. The van der Waals surface area contributed by atoms with Crippen LogP contribution in [0.4, 0.5) is 10.5 Å². The first-order valence-corrected chi connectivity index (χ1v) is 8.75. The zero-order valence-corrected chi connectivity index (χ0v) is 15.2. The van der Waals surface area contributed by atoms with Crippen molar-refractivity contribution in [2.24, 2.45) is 0 Å². The summed E-state index contributed by atoms with van der Waals surface area (Å²) in [5.74, 6) is 0.139. The molecule has 0 bridgehead atoms. The van der Waals surface area contributed by atoms with E-state index in [0.717, 1.165) is 18.7 Å². The molecule has 4 N–H and O–H groups in total. The zero-order chi connectivity index (χ0) is 18.9. The van der Waals surface area contributed by atoms with Crippen molar-refractivity contribution in [2.45, 2.75) is 25.5 Å². The molecule has 0 saturated carbocycles. The molecule has 0 saturated heterocycles. The third kappa shape index (κ3) is 5.97. The van der Waals surface area contributed by atoms with Crippen molar-refractivity contribution in [3.05, 3.63) is 60.2 Å². The monoisotopic (exact) mass is 357 g/mol. The second-order valence-corrected chi connectivity index (χ2v) is 6.34. The molecule has 0 heterocycles. The van der Waals surface area contributed by atoms with Crippen LogP contribution in [-0.4, -0.2) is 42.4 Å². The number of phenolic OH excluding ortho intramolecular Hbond substituents is 1. The first-order chi connectivity index (χ1) is 12.5. The maximum Gasteiger partial charge on any atom is 0.315 e. The van der Waals surface area contributed by atoms with Gasteiger partial charge in [0.2, 0.25) is 0 Å². The van der Waals surface area contributed by atoms with Gasteiger partial charge in [0.25, 0.3) is 0 Å². The minimum absolute atomic E-state index is 0.139. The molecule has 0 unspecified atom stereocenters. The molecule has 0 fully saturated rings. The van der Waals surface area contributed by atoms with E-state index in [0.29, 0.717) is 12.1 Å². The first-order valence-electron chi connectivity index (χ1n) is 8.75. The maximum absolute atomic E-state index is 12.0. The number of hydrogen-bond acceptors (Lipinski definition) is 4. The highest BCUT2D eigenvalue weighted by molar-refractivity contribution is 5.74. The van der Waals surface area contributed by atoms with E-state index in [2.05, 4.69) is 15.5 Å². The molecule has 0 radical (unpaired) electrons. The maximum atomic E-state index is 12.0. The standard InChI is InChI=1S/C20H27N3O3/c1-15(19(25)16-9-11-18(24)12-10-16)22-20(26)21-13-6-14-23(2)17-7-4-3-5-8-17/h3-5,7-12,15,19,24-25H,6,13-14H2,1-2H3,(H2,21,22,26)/t15-,19-/m1/s1. The lowest BCUT2D eigenvalue weighted by molar-refractivity contribution is 0.137. The van der Waals surface area contributed by atoms with Gasteiger partial charge in [0.05, 0.1) is 12.1 Å². The highest BCUT2D eigenvalue weighted by Crippen LogP contribution is 2.19. The van der Waals surface area contributed by atoms with Gasteiger partial charge in [-0.15, -0.1) is 0 Å². The fourth-order valence-electron chi connectivity index (χ4n) is 2.63. The van der Waals surface area contributed by atoms with E-state index in [4.69, 9.17) is 0 Å². The van der Waals surface area contributed by atoms with Crippen molar-refractivity contribution >= 4 is 11.7 Å². The molecule has 2 rings (SSSR count). The van der Waals surface area contributed by atoms with Crippen molar-refractivity contribution in [3.8, 4) is 5.75 Å². The van der Waals surface area contributed by atoms with Gasteiger partial charge >= 0.3 is 6.03 Å². The number of carbonyl (C=O) groups excluding carboxylic acids is 1. The van der Waals surface area contributed by atoms with Gasteiger partial charge in [0.15, 0.2) is 0 Å². The van der Waals surface area contributed by atoms with E-state index >= 15 is 0 Å². The number of hydrogen-bond donors (Lipinski definition) is 4. The number of anilines is 1. The van der Waals surface area contributed by atoms with Gasteiger partial charge < -0.3 is 25.7 Å². The van der Waals surface area contributed by atoms with Crippen LogP contribution in [0.5, 0.6) is 5.75 Å². The van der Waals surface area contributed by atoms with Crippen molar-refractivity contribution in [1.29, 1.82) is 0 Å². The Morgan fingerprint density at radius 2 is 1.77 bits per heavy atom. The van der Waals surface area contributed by atoms with E-state index in [-0.39, 0.29) is 11.8 Å². The highest BCUT2D eigenvalue weighted by Gasteiger charge is 2.18.